The zero-order valence-corrected chi connectivity index (χ0v) is 14.1. The van der Waals surface area contributed by atoms with Crippen LogP contribution in [-0.4, -0.2) is 52.4 Å². The predicted molar refractivity (Wildman–Crippen MR) is 91.5 cm³/mol. The SMILES string of the molecule is CN=C(NCCS(C)(=O)=O)NCC1CC(=O)Nc2ccccc21. The van der Waals surface area contributed by atoms with Gasteiger partial charge in [-0.15, -0.1) is 0 Å². The molecule has 1 aliphatic rings. The van der Waals surface area contributed by atoms with E-state index in [1.54, 1.807) is 7.05 Å². The van der Waals surface area contributed by atoms with Crippen LogP contribution >= 0.6 is 0 Å². The van der Waals surface area contributed by atoms with Gasteiger partial charge in [0.05, 0.1) is 5.75 Å². The van der Waals surface area contributed by atoms with Crippen LogP contribution in [0.25, 0.3) is 0 Å². The number of amides is 1. The van der Waals surface area contributed by atoms with Crippen molar-refractivity contribution in [2.75, 3.05) is 37.5 Å². The lowest BCUT2D eigenvalue weighted by molar-refractivity contribution is -0.116. The van der Waals surface area contributed by atoms with Crippen LogP contribution in [0.2, 0.25) is 0 Å². The van der Waals surface area contributed by atoms with Crippen molar-refractivity contribution in [2.24, 2.45) is 4.99 Å². The summed E-state index contributed by atoms with van der Waals surface area (Å²) >= 11 is 0. The van der Waals surface area contributed by atoms with E-state index in [0.29, 0.717) is 25.5 Å². The average molecular weight is 338 g/mol. The summed E-state index contributed by atoms with van der Waals surface area (Å²) < 4.78 is 22.3. The number of sulfone groups is 1. The summed E-state index contributed by atoms with van der Waals surface area (Å²) in [6.45, 7) is 0.837. The van der Waals surface area contributed by atoms with Crippen LogP contribution in [0.5, 0.6) is 0 Å². The van der Waals surface area contributed by atoms with Crippen LogP contribution in [-0.2, 0) is 14.6 Å². The van der Waals surface area contributed by atoms with Gasteiger partial charge in [-0.3, -0.25) is 9.79 Å². The smallest absolute Gasteiger partial charge is 0.225 e. The van der Waals surface area contributed by atoms with Gasteiger partial charge in [0.25, 0.3) is 0 Å². The summed E-state index contributed by atoms with van der Waals surface area (Å²) in [5, 5.41) is 8.97. The highest BCUT2D eigenvalue weighted by Gasteiger charge is 2.24. The summed E-state index contributed by atoms with van der Waals surface area (Å²) in [5.41, 5.74) is 1.93. The van der Waals surface area contributed by atoms with Gasteiger partial charge in [0.1, 0.15) is 9.84 Å². The van der Waals surface area contributed by atoms with Crippen molar-refractivity contribution in [1.29, 1.82) is 0 Å². The molecule has 23 heavy (non-hydrogen) atoms. The van der Waals surface area contributed by atoms with Crippen LogP contribution < -0.4 is 16.0 Å². The Morgan fingerprint density at radius 1 is 1.35 bits per heavy atom. The lowest BCUT2D eigenvalue weighted by atomic mass is 9.90. The normalized spacial score (nSPS) is 18.1. The summed E-state index contributed by atoms with van der Waals surface area (Å²) in [5.74, 6) is 0.614. The minimum Gasteiger partial charge on any atom is -0.356 e. The molecule has 8 heteroatoms. The Kier molecular flexibility index (Phi) is 5.59. The van der Waals surface area contributed by atoms with Gasteiger partial charge < -0.3 is 16.0 Å². The first-order valence-electron chi connectivity index (χ1n) is 7.40. The number of rotatable bonds is 5. The van der Waals surface area contributed by atoms with Crippen molar-refractivity contribution in [2.45, 2.75) is 12.3 Å². The third-order valence-electron chi connectivity index (χ3n) is 3.61. The van der Waals surface area contributed by atoms with Crippen molar-refractivity contribution in [1.82, 2.24) is 10.6 Å². The molecule has 0 fully saturated rings. The van der Waals surface area contributed by atoms with E-state index in [-0.39, 0.29) is 17.6 Å². The molecule has 1 amide bonds. The monoisotopic (exact) mass is 338 g/mol. The molecule has 126 valence electrons. The Balaban J connectivity index is 1.93. The van der Waals surface area contributed by atoms with Gasteiger partial charge in [-0.05, 0) is 11.6 Å². The highest BCUT2D eigenvalue weighted by Crippen LogP contribution is 2.31. The maximum atomic E-state index is 11.8. The number of nitrogens with one attached hydrogen (secondary N) is 3. The first kappa shape index (κ1) is 17.3. The Hall–Kier alpha value is -2.09. The number of carbonyl (C=O) groups excluding carboxylic acids is 1. The predicted octanol–water partition coefficient (Wildman–Crippen LogP) is 0.322. The Morgan fingerprint density at radius 2 is 2.09 bits per heavy atom. The summed E-state index contributed by atoms with van der Waals surface area (Å²) in [7, 11) is -1.39. The second kappa shape index (κ2) is 7.45. The molecule has 0 saturated heterocycles. The topological polar surface area (TPSA) is 99.7 Å². The van der Waals surface area contributed by atoms with E-state index < -0.39 is 9.84 Å². The van der Waals surface area contributed by atoms with Crippen LogP contribution in [0.3, 0.4) is 0 Å². The fraction of sp³-hybridized carbons (Fsp3) is 0.467. The van der Waals surface area contributed by atoms with Crippen molar-refractivity contribution in [3.05, 3.63) is 29.8 Å². The molecule has 3 N–H and O–H groups in total. The highest BCUT2D eigenvalue weighted by atomic mass is 32.2. The lowest BCUT2D eigenvalue weighted by Crippen LogP contribution is -2.42. The lowest BCUT2D eigenvalue weighted by Gasteiger charge is -2.26. The quantitative estimate of drug-likeness (QED) is 0.530. The van der Waals surface area contributed by atoms with Crippen LogP contribution in [0, 0.1) is 0 Å². The molecule has 0 spiro atoms. The van der Waals surface area contributed by atoms with Crippen LogP contribution in [0.15, 0.2) is 29.3 Å². The minimum absolute atomic E-state index is 0.00415. The third kappa shape index (κ3) is 5.24. The maximum Gasteiger partial charge on any atom is 0.225 e. The molecule has 0 bridgehead atoms. The molecule has 1 aromatic carbocycles. The second-order valence-electron chi connectivity index (χ2n) is 5.55. The van der Waals surface area contributed by atoms with Gasteiger partial charge in [-0.1, -0.05) is 18.2 Å². The second-order valence-corrected chi connectivity index (χ2v) is 7.81. The zero-order valence-electron chi connectivity index (χ0n) is 13.3. The Labute approximate surface area is 136 Å². The molecular formula is C15H22N4O3S. The van der Waals surface area contributed by atoms with E-state index in [1.165, 1.54) is 6.26 Å². The van der Waals surface area contributed by atoms with Crippen molar-refractivity contribution in [3.8, 4) is 0 Å². The first-order chi connectivity index (χ1) is 10.9. The number of aliphatic imine (C=N–C) groups is 1. The number of benzene rings is 1. The standard InChI is InChI=1S/C15H22N4O3S/c1-16-15(17-7-8-23(2,21)22)18-10-11-9-14(20)19-13-6-4-3-5-12(11)13/h3-6,11H,7-10H2,1-2H3,(H,19,20)(H2,16,17,18). The van der Waals surface area contributed by atoms with E-state index in [0.717, 1.165) is 11.3 Å². The summed E-state index contributed by atoms with van der Waals surface area (Å²) in [6.07, 6.45) is 1.60. The average Bonchev–Trinajstić information content (AvgIpc) is 2.49. The van der Waals surface area contributed by atoms with Crippen LogP contribution in [0.4, 0.5) is 5.69 Å². The van der Waals surface area contributed by atoms with E-state index in [2.05, 4.69) is 20.9 Å². The van der Waals surface area contributed by atoms with Gasteiger partial charge in [-0.2, -0.15) is 0 Å². The number of carbonyl (C=O) groups is 1. The van der Waals surface area contributed by atoms with Gasteiger partial charge >= 0.3 is 0 Å². The fourth-order valence-corrected chi connectivity index (χ4v) is 2.95. The van der Waals surface area contributed by atoms with Gasteiger partial charge in [-0.25, -0.2) is 8.42 Å². The number of nitrogens with zero attached hydrogens (tertiary/aromatic N) is 1. The molecule has 1 unspecified atom stereocenters. The molecular weight excluding hydrogens is 316 g/mol. The first-order valence-corrected chi connectivity index (χ1v) is 9.46. The Morgan fingerprint density at radius 3 is 2.78 bits per heavy atom. The van der Waals surface area contributed by atoms with Gasteiger partial charge in [0, 0.05) is 44.4 Å². The third-order valence-corrected chi connectivity index (χ3v) is 4.56. The van der Waals surface area contributed by atoms with Crippen molar-refractivity contribution >= 4 is 27.4 Å². The van der Waals surface area contributed by atoms with E-state index >= 15 is 0 Å². The van der Waals surface area contributed by atoms with Gasteiger partial charge in [0.15, 0.2) is 5.96 Å². The molecule has 2 rings (SSSR count). The minimum atomic E-state index is -3.01. The molecule has 0 radical (unpaired) electrons. The highest BCUT2D eigenvalue weighted by molar-refractivity contribution is 7.90. The largest absolute Gasteiger partial charge is 0.356 e. The summed E-state index contributed by atoms with van der Waals surface area (Å²) in [4.78, 5) is 15.8. The number of para-hydroxylation sites is 1. The molecule has 0 saturated carbocycles. The molecule has 1 atom stereocenters. The van der Waals surface area contributed by atoms with E-state index in [1.807, 2.05) is 24.3 Å². The Bertz CT molecular complexity index is 700. The molecule has 7 nitrogen and oxygen atoms in total. The number of guanidine groups is 1. The number of anilines is 1. The fourth-order valence-electron chi connectivity index (χ4n) is 2.48. The molecule has 0 aliphatic carbocycles. The van der Waals surface area contributed by atoms with E-state index in [9.17, 15) is 13.2 Å². The molecule has 0 aromatic heterocycles. The van der Waals surface area contributed by atoms with Crippen molar-refractivity contribution < 1.29 is 13.2 Å². The van der Waals surface area contributed by atoms with Gasteiger partial charge in [0.2, 0.25) is 5.91 Å². The number of hydrogen-bond acceptors (Lipinski definition) is 4. The van der Waals surface area contributed by atoms with E-state index in [4.69, 9.17) is 0 Å². The maximum absolute atomic E-state index is 11.8. The molecule has 1 aromatic rings. The number of hydrogen-bond donors (Lipinski definition) is 3. The molecule has 1 heterocycles. The summed E-state index contributed by atoms with van der Waals surface area (Å²) in [6, 6.07) is 7.72. The number of fused-ring (bicyclic) bond motifs is 1. The van der Waals surface area contributed by atoms with Crippen molar-refractivity contribution in [3.63, 3.8) is 0 Å². The van der Waals surface area contributed by atoms with Crippen LogP contribution in [0.1, 0.15) is 17.9 Å². The molecule has 1 aliphatic heterocycles. The zero-order chi connectivity index (χ0) is 16.9.